The molecule has 0 aromatic heterocycles. The Morgan fingerprint density at radius 1 is 1.13 bits per heavy atom. The molecule has 158 valence electrons. The van der Waals surface area contributed by atoms with E-state index in [-0.39, 0.29) is 24.6 Å². The Balaban J connectivity index is 1.60. The van der Waals surface area contributed by atoms with Crippen LogP contribution in [0.1, 0.15) is 63.4 Å². The molecule has 1 aromatic carbocycles. The first-order chi connectivity index (χ1) is 14.5. The number of ketones is 1. The van der Waals surface area contributed by atoms with Crippen LogP contribution in [0, 0.1) is 5.92 Å². The number of ether oxygens (including phenoxy) is 3. The highest BCUT2D eigenvalue weighted by molar-refractivity contribution is 9.10. The van der Waals surface area contributed by atoms with Crippen molar-refractivity contribution >= 4 is 33.4 Å². The lowest BCUT2D eigenvalue weighted by atomic mass is 9.71. The summed E-state index contributed by atoms with van der Waals surface area (Å²) in [7, 11) is 0. The van der Waals surface area contributed by atoms with Gasteiger partial charge in [-0.05, 0) is 63.1 Å². The van der Waals surface area contributed by atoms with E-state index in [4.69, 9.17) is 19.2 Å². The lowest BCUT2D eigenvalue weighted by molar-refractivity contribution is -0.151. The summed E-state index contributed by atoms with van der Waals surface area (Å²) < 4.78 is 17.8. The number of halogens is 1. The smallest absolute Gasteiger partial charge is 0.315 e. The molecule has 2 atom stereocenters. The van der Waals surface area contributed by atoms with Crippen molar-refractivity contribution < 1.29 is 23.8 Å². The Hall–Kier alpha value is -2.15. The zero-order chi connectivity index (χ0) is 20.8. The molecule has 4 aliphatic rings. The van der Waals surface area contributed by atoms with E-state index in [1.165, 1.54) is 0 Å². The van der Waals surface area contributed by atoms with E-state index < -0.39 is 11.8 Å². The summed E-state index contributed by atoms with van der Waals surface area (Å²) in [6.07, 6.45) is 5.96. The number of nitrogens with zero attached hydrogens (tertiary/aromatic N) is 1. The van der Waals surface area contributed by atoms with Crippen LogP contribution in [-0.4, -0.2) is 30.4 Å². The second-order valence-electron chi connectivity index (χ2n) is 8.42. The third-order valence-electron chi connectivity index (χ3n) is 6.50. The molecule has 1 unspecified atom stereocenters. The predicted molar refractivity (Wildman–Crippen MR) is 114 cm³/mol. The monoisotopic (exact) mass is 473 g/mol. The Labute approximate surface area is 183 Å². The van der Waals surface area contributed by atoms with Gasteiger partial charge in [0, 0.05) is 33.8 Å². The highest BCUT2D eigenvalue weighted by Gasteiger charge is 2.45. The van der Waals surface area contributed by atoms with E-state index in [2.05, 4.69) is 15.9 Å². The molecule has 6 nitrogen and oxygen atoms in total. The van der Waals surface area contributed by atoms with Crippen LogP contribution < -0.4 is 9.47 Å². The minimum Gasteiger partial charge on any atom is -0.462 e. The fraction of sp³-hybridized carbons (Fsp3) is 0.522. The summed E-state index contributed by atoms with van der Waals surface area (Å²) >= 11 is 3.65. The average molecular weight is 474 g/mol. The van der Waals surface area contributed by atoms with Gasteiger partial charge >= 0.3 is 5.97 Å². The number of hydrogen-bond donors (Lipinski definition) is 0. The Kier molecular flexibility index (Phi) is 5.17. The fourth-order valence-electron chi connectivity index (χ4n) is 5.06. The number of allylic oxidation sites excluding steroid dienone is 2. The van der Waals surface area contributed by atoms with Crippen LogP contribution >= 0.6 is 15.9 Å². The van der Waals surface area contributed by atoms with Crippen molar-refractivity contribution in [3.8, 4) is 11.5 Å². The van der Waals surface area contributed by atoms with E-state index in [0.717, 1.165) is 54.3 Å². The van der Waals surface area contributed by atoms with E-state index in [1.807, 2.05) is 19.1 Å². The third-order valence-corrected chi connectivity index (χ3v) is 7.19. The minimum absolute atomic E-state index is 0.0384. The summed E-state index contributed by atoms with van der Waals surface area (Å²) in [6.45, 7) is 2.04. The van der Waals surface area contributed by atoms with Gasteiger partial charge in [-0.2, -0.15) is 0 Å². The molecule has 1 aromatic rings. The first kappa shape index (κ1) is 19.8. The molecule has 0 spiro atoms. The molecule has 0 saturated heterocycles. The average Bonchev–Trinajstić information content (AvgIpc) is 3.38. The molecule has 2 heterocycles. The van der Waals surface area contributed by atoms with Crippen molar-refractivity contribution in [2.45, 2.75) is 63.9 Å². The molecule has 2 aliphatic carbocycles. The Morgan fingerprint density at radius 2 is 1.87 bits per heavy atom. The fourth-order valence-corrected chi connectivity index (χ4v) is 5.63. The number of fused-ring (bicyclic) bond motifs is 1. The molecule has 1 fully saturated rings. The van der Waals surface area contributed by atoms with Crippen molar-refractivity contribution in [2.75, 3.05) is 6.79 Å². The maximum absolute atomic E-state index is 13.4. The van der Waals surface area contributed by atoms with Gasteiger partial charge in [-0.3, -0.25) is 14.6 Å². The maximum atomic E-state index is 13.4. The molecule has 0 bridgehead atoms. The SMILES string of the molecule is CC1=NC2=C(C(=O)CCC2)[C@H](c2cc3c(cc2Br)OCO3)C1C(=O)OC1CCCC1. The lowest BCUT2D eigenvalue weighted by Gasteiger charge is -2.35. The van der Waals surface area contributed by atoms with Crippen LogP contribution in [0.4, 0.5) is 0 Å². The molecule has 2 aliphatic heterocycles. The molecular weight excluding hydrogens is 450 g/mol. The number of Topliss-reactive ketones (excluding diaryl/α,β-unsaturated/α-hetero) is 1. The van der Waals surface area contributed by atoms with Gasteiger partial charge in [-0.15, -0.1) is 0 Å². The van der Waals surface area contributed by atoms with Crippen LogP contribution in [0.15, 0.2) is 32.9 Å². The second kappa shape index (κ2) is 7.84. The van der Waals surface area contributed by atoms with Crippen molar-refractivity contribution in [3.05, 3.63) is 33.4 Å². The number of aliphatic imine (C=N–C) groups is 1. The highest BCUT2D eigenvalue weighted by atomic mass is 79.9. The Bertz CT molecular complexity index is 976. The topological polar surface area (TPSA) is 74.2 Å². The standard InChI is InChI=1S/C23H24BrNO5/c1-12-20(23(27)30-13-5-2-3-6-13)21(22-16(25-12)7-4-8-17(22)26)14-9-18-19(10-15(14)24)29-11-28-18/h9-10,13,20-21H,2-8,11H2,1H3/t20?,21-/m1/s1. The molecule has 1 saturated carbocycles. The van der Waals surface area contributed by atoms with Gasteiger partial charge in [0.05, 0.1) is 0 Å². The molecular formula is C23H24BrNO5. The third kappa shape index (κ3) is 3.37. The quantitative estimate of drug-likeness (QED) is 0.586. The van der Waals surface area contributed by atoms with Crippen LogP contribution in [0.3, 0.4) is 0 Å². The number of hydrogen-bond acceptors (Lipinski definition) is 6. The van der Waals surface area contributed by atoms with Crippen LogP contribution in [0.2, 0.25) is 0 Å². The molecule has 5 rings (SSSR count). The largest absolute Gasteiger partial charge is 0.462 e. The molecule has 30 heavy (non-hydrogen) atoms. The highest BCUT2D eigenvalue weighted by Crippen LogP contribution is 2.48. The summed E-state index contributed by atoms with van der Waals surface area (Å²) in [6, 6.07) is 3.74. The second-order valence-corrected chi connectivity index (χ2v) is 9.27. The van der Waals surface area contributed by atoms with Gasteiger partial charge < -0.3 is 14.2 Å². The molecule has 0 N–H and O–H groups in total. The van der Waals surface area contributed by atoms with Crippen molar-refractivity contribution in [1.29, 1.82) is 0 Å². The number of esters is 1. The summed E-state index contributed by atoms with van der Waals surface area (Å²) in [5.74, 6) is -0.00251. The first-order valence-electron chi connectivity index (χ1n) is 10.6. The van der Waals surface area contributed by atoms with E-state index in [1.54, 1.807) is 0 Å². The lowest BCUT2D eigenvalue weighted by Crippen LogP contribution is -2.38. The zero-order valence-corrected chi connectivity index (χ0v) is 18.5. The zero-order valence-electron chi connectivity index (χ0n) is 16.9. The van der Waals surface area contributed by atoms with Gasteiger partial charge in [0.2, 0.25) is 6.79 Å². The van der Waals surface area contributed by atoms with Gasteiger partial charge in [0.1, 0.15) is 12.0 Å². The van der Waals surface area contributed by atoms with Crippen LogP contribution in [-0.2, 0) is 14.3 Å². The Morgan fingerprint density at radius 3 is 2.63 bits per heavy atom. The normalized spacial score (nSPS) is 25.9. The summed E-state index contributed by atoms with van der Waals surface area (Å²) in [5, 5.41) is 0. The van der Waals surface area contributed by atoms with Gasteiger partial charge in [0.15, 0.2) is 17.3 Å². The van der Waals surface area contributed by atoms with E-state index in [9.17, 15) is 9.59 Å². The van der Waals surface area contributed by atoms with Gasteiger partial charge in [-0.1, -0.05) is 15.9 Å². The molecule has 7 heteroatoms. The van der Waals surface area contributed by atoms with Crippen molar-refractivity contribution in [3.63, 3.8) is 0 Å². The number of carbonyl (C=O) groups excluding carboxylic acids is 2. The van der Waals surface area contributed by atoms with Crippen LogP contribution in [0.5, 0.6) is 11.5 Å². The van der Waals surface area contributed by atoms with Crippen LogP contribution in [0.25, 0.3) is 0 Å². The van der Waals surface area contributed by atoms with Gasteiger partial charge in [-0.25, -0.2) is 0 Å². The maximum Gasteiger partial charge on any atom is 0.315 e. The summed E-state index contributed by atoms with van der Waals surface area (Å²) in [5.41, 5.74) is 3.01. The molecule has 0 amide bonds. The van der Waals surface area contributed by atoms with E-state index >= 15 is 0 Å². The van der Waals surface area contributed by atoms with Gasteiger partial charge in [0.25, 0.3) is 0 Å². The first-order valence-corrected chi connectivity index (χ1v) is 11.4. The van der Waals surface area contributed by atoms with Crippen molar-refractivity contribution in [1.82, 2.24) is 0 Å². The number of benzene rings is 1. The summed E-state index contributed by atoms with van der Waals surface area (Å²) in [4.78, 5) is 31.1. The number of carbonyl (C=O) groups is 2. The molecule has 0 radical (unpaired) electrons. The predicted octanol–water partition coefficient (Wildman–Crippen LogP) is 4.85. The van der Waals surface area contributed by atoms with E-state index in [0.29, 0.717) is 29.2 Å². The number of rotatable bonds is 3. The minimum atomic E-state index is -0.622. The van der Waals surface area contributed by atoms with Crippen molar-refractivity contribution in [2.24, 2.45) is 10.9 Å².